The van der Waals surface area contributed by atoms with Crippen LogP contribution < -0.4 is 5.32 Å². The molecular formula is C14H16N2O3. The van der Waals surface area contributed by atoms with Gasteiger partial charge in [0.25, 0.3) is 5.91 Å². The van der Waals surface area contributed by atoms with Gasteiger partial charge in [0.05, 0.1) is 12.8 Å². The minimum absolute atomic E-state index is 0.214. The Morgan fingerprint density at radius 1 is 1.37 bits per heavy atom. The summed E-state index contributed by atoms with van der Waals surface area (Å²) in [5, 5.41) is 6.45. The maximum atomic E-state index is 12.0. The average molecular weight is 260 g/mol. The van der Waals surface area contributed by atoms with Crippen molar-refractivity contribution < 1.29 is 14.1 Å². The summed E-state index contributed by atoms with van der Waals surface area (Å²) in [7, 11) is 1.59. The van der Waals surface area contributed by atoms with Gasteiger partial charge in [-0.15, -0.1) is 0 Å². The predicted octanol–water partition coefficient (Wildman–Crippen LogP) is 2.03. The van der Waals surface area contributed by atoms with Gasteiger partial charge in [0.15, 0.2) is 5.76 Å². The smallest absolute Gasteiger partial charge is 0.256 e. The second-order valence-corrected chi connectivity index (χ2v) is 4.18. The van der Waals surface area contributed by atoms with Crippen LogP contribution in [0.5, 0.6) is 0 Å². The van der Waals surface area contributed by atoms with E-state index in [9.17, 15) is 4.79 Å². The third kappa shape index (κ3) is 3.20. The molecule has 19 heavy (non-hydrogen) atoms. The highest BCUT2D eigenvalue weighted by molar-refractivity contribution is 5.99. The molecule has 5 heteroatoms. The van der Waals surface area contributed by atoms with Crippen LogP contribution in [-0.4, -0.2) is 31.3 Å². The number of nitrogens with zero attached hydrogens (tertiary/aromatic N) is 1. The summed E-state index contributed by atoms with van der Waals surface area (Å²) in [5.74, 6) is 0.267. The molecule has 0 atom stereocenters. The minimum atomic E-state index is -0.214. The molecule has 0 aliphatic heterocycles. The number of rotatable bonds is 5. The molecule has 0 saturated carbocycles. The lowest BCUT2D eigenvalue weighted by molar-refractivity contribution is 0.0937. The molecule has 0 aliphatic rings. The fraction of sp³-hybridized carbons (Fsp3) is 0.286. The molecule has 0 bridgehead atoms. The maximum absolute atomic E-state index is 12.0. The third-order valence-corrected chi connectivity index (χ3v) is 2.72. The van der Waals surface area contributed by atoms with E-state index in [0.29, 0.717) is 24.5 Å². The van der Waals surface area contributed by atoms with E-state index in [1.165, 1.54) is 6.20 Å². The molecule has 0 fully saturated rings. The molecule has 0 radical (unpaired) electrons. The molecule has 0 spiro atoms. The van der Waals surface area contributed by atoms with E-state index in [1.807, 2.05) is 31.2 Å². The van der Waals surface area contributed by atoms with Gasteiger partial charge in [0.1, 0.15) is 5.56 Å². The number of benzene rings is 1. The first-order chi connectivity index (χ1) is 9.22. The van der Waals surface area contributed by atoms with Crippen molar-refractivity contribution in [3.63, 3.8) is 0 Å². The second kappa shape index (κ2) is 6.15. The average Bonchev–Trinajstić information content (AvgIpc) is 2.89. The van der Waals surface area contributed by atoms with Gasteiger partial charge < -0.3 is 14.6 Å². The van der Waals surface area contributed by atoms with Crippen LogP contribution in [0.1, 0.15) is 15.9 Å². The van der Waals surface area contributed by atoms with Crippen LogP contribution >= 0.6 is 0 Å². The van der Waals surface area contributed by atoms with Gasteiger partial charge in [-0.05, 0) is 6.92 Å². The van der Waals surface area contributed by atoms with Gasteiger partial charge >= 0.3 is 0 Å². The Bertz CT molecular complexity index is 546. The first-order valence-electron chi connectivity index (χ1n) is 6.01. The third-order valence-electron chi connectivity index (χ3n) is 2.72. The van der Waals surface area contributed by atoms with Gasteiger partial charge in [0.2, 0.25) is 0 Å². The number of carbonyl (C=O) groups excluding carboxylic acids is 1. The molecule has 0 aliphatic carbocycles. The number of ether oxygens (including phenoxy) is 1. The fourth-order valence-electron chi connectivity index (χ4n) is 1.68. The highest BCUT2D eigenvalue weighted by Crippen LogP contribution is 2.23. The Morgan fingerprint density at radius 3 is 2.79 bits per heavy atom. The molecule has 1 amide bonds. The largest absolute Gasteiger partial charge is 0.383 e. The quantitative estimate of drug-likeness (QED) is 0.835. The molecule has 1 heterocycles. The lowest BCUT2D eigenvalue weighted by Gasteiger charge is -2.04. The monoisotopic (exact) mass is 260 g/mol. The van der Waals surface area contributed by atoms with Crippen molar-refractivity contribution in [3.8, 4) is 11.3 Å². The van der Waals surface area contributed by atoms with Crippen molar-refractivity contribution in [1.82, 2.24) is 10.5 Å². The van der Waals surface area contributed by atoms with Gasteiger partial charge in [-0.25, -0.2) is 0 Å². The predicted molar refractivity (Wildman–Crippen MR) is 70.9 cm³/mol. The van der Waals surface area contributed by atoms with Crippen molar-refractivity contribution in [3.05, 3.63) is 41.6 Å². The fourth-order valence-corrected chi connectivity index (χ4v) is 1.68. The van der Waals surface area contributed by atoms with E-state index in [0.717, 1.165) is 11.1 Å². The van der Waals surface area contributed by atoms with Crippen molar-refractivity contribution in [2.24, 2.45) is 0 Å². The van der Waals surface area contributed by atoms with Crippen molar-refractivity contribution >= 4 is 5.91 Å². The SMILES string of the molecule is COCCNC(=O)c1cnoc1-c1ccc(C)cc1. The van der Waals surface area contributed by atoms with Gasteiger partial charge in [0, 0.05) is 19.2 Å². The van der Waals surface area contributed by atoms with Crippen LogP contribution in [0.15, 0.2) is 35.0 Å². The first-order valence-corrected chi connectivity index (χ1v) is 6.01. The van der Waals surface area contributed by atoms with Crippen LogP contribution in [0.4, 0.5) is 0 Å². The molecule has 100 valence electrons. The number of nitrogens with one attached hydrogen (secondary N) is 1. The van der Waals surface area contributed by atoms with Crippen molar-refractivity contribution in [2.45, 2.75) is 6.92 Å². The summed E-state index contributed by atoms with van der Waals surface area (Å²) in [6.07, 6.45) is 1.43. The van der Waals surface area contributed by atoms with E-state index in [2.05, 4.69) is 10.5 Å². The molecule has 0 unspecified atom stereocenters. The lowest BCUT2D eigenvalue weighted by atomic mass is 10.1. The summed E-state index contributed by atoms with van der Waals surface area (Å²) >= 11 is 0. The van der Waals surface area contributed by atoms with Crippen LogP contribution in [0.3, 0.4) is 0 Å². The summed E-state index contributed by atoms with van der Waals surface area (Å²) in [5.41, 5.74) is 2.41. The Morgan fingerprint density at radius 2 is 2.11 bits per heavy atom. The van der Waals surface area contributed by atoms with Gasteiger partial charge in [-0.1, -0.05) is 35.0 Å². The minimum Gasteiger partial charge on any atom is -0.383 e. The molecule has 5 nitrogen and oxygen atoms in total. The summed E-state index contributed by atoms with van der Waals surface area (Å²) < 4.78 is 10.1. The molecule has 1 N–H and O–H groups in total. The Balaban J connectivity index is 2.17. The number of hydrogen-bond donors (Lipinski definition) is 1. The number of amides is 1. The number of methoxy groups -OCH3 is 1. The standard InChI is InChI=1S/C14H16N2O3/c1-10-3-5-11(6-4-10)13-12(9-16-19-13)14(17)15-7-8-18-2/h3-6,9H,7-8H2,1-2H3,(H,15,17). The van der Waals surface area contributed by atoms with Crippen LogP contribution in [0.25, 0.3) is 11.3 Å². The maximum Gasteiger partial charge on any atom is 0.256 e. The topological polar surface area (TPSA) is 64.4 Å². The normalized spacial score (nSPS) is 10.4. The zero-order valence-electron chi connectivity index (χ0n) is 11.0. The molecule has 0 saturated heterocycles. The van der Waals surface area contributed by atoms with Crippen molar-refractivity contribution in [1.29, 1.82) is 0 Å². The highest BCUT2D eigenvalue weighted by Gasteiger charge is 2.17. The number of hydrogen-bond acceptors (Lipinski definition) is 4. The molecule has 1 aromatic carbocycles. The number of aromatic nitrogens is 1. The summed E-state index contributed by atoms with van der Waals surface area (Å²) in [6.45, 7) is 2.92. The summed E-state index contributed by atoms with van der Waals surface area (Å²) in [6, 6.07) is 7.73. The second-order valence-electron chi connectivity index (χ2n) is 4.18. The van der Waals surface area contributed by atoms with E-state index in [-0.39, 0.29) is 5.91 Å². The Labute approximate surface area is 111 Å². The number of aryl methyl sites for hydroxylation is 1. The van der Waals surface area contributed by atoms with Crippen LogP contribution in [0, 0.1) is 6.92 Å². The highest BCUT2D eigenvalue weighted by atomic mass is 16.5. The van der Waals surface area contributed by atoms with Crippen LogP contribution in [0.2, 0.25) is 0 Å². The van der Waals surface area contributed by atoms with Crippen LogP contribution in [-0.2, 0) is 4.74 Å². The molecule has 2 aromatic rings. The Hall–Kier alpha value is -2.14. The van der Waals surface area contributed by atoms with E-state index in [4.69, 9.17) is 9.26 Å². The van der Waals surface area contributed by atoms with E-state index >= 15 is 0 Å². The first kappa shape index (κ1) is 13.3. The summed E-state index contributed by atoms with van der Waals surface area (Å²) in [4.78, 5) is 12.0. The lowest BCUT2D eigenvalue weighted by Crippen LogP contribution is -2.26. The number of carbonyl (C=O) groups is 1. The zero-order chi connectivity index (χ0) is 13.7. The van der Waals surface area contributed by atoms with Gasteiger partial charge in [-0.3, -0.25) is 4.79 Å². The molecule has 1 aromatic heterocycles. The molecular weight excluding hydrogens is 244 g/mol. The van der Waals surface area contributed by atoms with Crippen molar-refractivity contribution in [2.75, 3.05) is 20.3 Å². The van der Waals surface area contributed by atoms with Gasteiger partial charge in [-0.2, -0.15) is 0 Å². The van der Waals surface area contributed by atoms with E-state index in [1.54, 1.807) is 7.11 Å². The Kier molecular flexibility index (Phi) is 4.30. The zero-order valence-corrected chi connectivity index (χ0v) is 11.0. The van der Waals surface area contributed by atoms with E-state index < -0.39 is 0 Å². The molecule has 2 rings (SSSR count).